The minimum absolute atomic E-state index is 0.233. The Bertz CT molecular complexity index is 601. The first-order valence-electron chi connectivity index (χ1n) is 4.95. The Labute approximate surface area is 107 Å². The van der Waals surface area contributed by atoms with Crippen molar-refractivity contribution < 1.29 is 9.90 Å². The van der Waals surface area contributed by atoms with Crippen LogP contribution in [0, 0.1) is 11.8 Å². The van der Waals surface area contributed by atoms with Gasteiger partial charge in [0.1, 0.15) is 18.1 Å². The van der Waals surface area contributed by atoms with E-state index in [9.17, 15) is 4.79 Å². The number of carbonyl (C=O) groups excluding carboxylic acids is 1. The third-order valence-corrected chi connectivity index (χ3v) is 2.38. The second-order valence-electron chi connectivity index (χ2n) is 3.11. The number of pyridine rings is 1. The van der Waals surface area contributed by atoms with E-state index in [2.05, 4.69) is 31.7 Å². The maximum atomic E-state index is 11.7. The number of aromatic nitrogens is 3. The lowest BCUT2D eigenvalue weighted by atomic mass is 10.3. The summed E-state index contributed by atoms with van der Waals surface area (Å²) in [7, 11) is 0. The molecule has 0 aliphatic heterocycles. The zero-order chi connectivity index (χ0) is 12.8. The molecule has 0 saturated heterocycles. The Morgan fingerprint density at radius 2 is 2.39 bits per heavy atom. The highest BCUT2D eigenvalue weighted by Crippen LogP contribution is 2.06. The number of nitrogens with zero attached hydrogens (tertiary/aromatic N) is 3. The molecule has 0 unspecified atom stereocenters. The first-order valence-corrected chi connectivity index (χ1v) is 5.78. The highest BCUT2D eigenvalue weighted by Gasteiger charge is 2.09. The lowest BCUT2D eigenvalue weighted by molar-refractivity contribution is 0.102. The highest BCUT2D eigenvalue weighted by molar-refractivity contribution is 7.03. The molecule has 0 atom stereocenters. The van der Waals surface area contributed by atoms with Gasteiger partial charge < -0.3 is 10.4 Å². The zero-order valence-electron chi connectivity index (χ0n) is 9.12. The average molecular weight is 260 g/mol. The third kappa shape index (κ3) is 3.10. The van der Waals surface area contributed by atoms with Crippen LogP contribution >= 0.6 is 11.5 Å². The van der Waals surface area contributed by atoms with Gasteiger partial charge in [0.25, 0.3) is 5.91 Å². The molecule has 0 spiro atoms. The Morgan fingerprint density at radius 3 is 3.11 bits per heavy atom. The van der Waals surface area contributed by atoms with Crippen LogP contribution in [-0.2, 0) is 0 Å². The minimum atomic E-state index is -0.372. The molecule has 2 aromatic rings. The number of hydrogen-bond acceptors (Lipinski definition) is 6. The van der Waals surface area contributed by atoms with Crippen molar-refractivity contribution in [3.63, 3.8) is 0 Å². The van der Waals surface area contributed by atoms with E-state index in [-0.39, 0.29) is 18.2 Å². The van der Waals surface area contributed by atoms with Gasteiger partial charge in [-0.1, -0.05) is 16.5 Å². The molecule has 2 N–H and O–H groups in total. The number of aliphatic hydroxyl groups excluding tert-OH is 1. The molecule has 0 aliphatic rings. The van der Waals surface area contributed by atoms with E-state index in [0.29, 0.717) is 11.5 Å². The lowest BCUT2D eigenvalue weighted by Crippen LogP contribution is -2.13. The number of rotatable bonds is 2. The van der Waals surface area contributed by atoms with E-state index < -0.39 is 0 Å². The molecule has 2 rings (SSSR count). The third-order valence-electron chi connectivity index (χ3n) is 1.88. The summed E-state index contributed by atoms with van der Waals surface area (Å²) >= 11 is 1.10. The van der Waals surface area contributed by atoms with Crippen molar-refractivity contribution >= 4 is 23.3 Å². The molecule has 0 fully saturated rings. The largest absolute Gasteiger partial charge is 0.384 e. The van der Waals surface area contributed by atoms with Crippen molar-refractivity contribution in [1.29, 1.82) is 0 Å². The fraction of sp³-hybridized carbons (Fsp3) is 0.0909. The van der Waals surface area contributed by atoms with Crippen LogP contribution in [0.25, 0.3) is 0 Å². The monoisotopic (exact) mass is 260 g/mol. The summed E-state index contributed by atoms with van der Waals surface area (Å²) in [6.07, 6.45) is 0. The lowest BCUT2D eigenvalue weighted by Gasteiger charge is -2.01. The topological polar surface area (TPSA) is 88.0 Å². The van der Waals surface area contributed by atoms with Crippen LogP contribution in [0.4, 0.5) is 5.82 Å². The molecular weight excluding hydrogens is 252 g/mol. The van der Waals surface area contributed by atoms with Crippen molar-refractivity contribution in [2.75, 3.05) is 11.9 Å². The first kappa shape index (κ1) is 12.2. The van der Waals surface area contributed by atoms with Gasteiger partial charge in [-0.15, -0.1) is 5.10 Å². The predicted molar refractivity (Wildman–Crippen MR) is 66.1 cm³/mol. The van der Waals surface area contributed by atoms with Gasteiger partial charge in [0, 0.05) is 5.38 Å². The Balaban J connectivity index is 2.12. The summed E-state index contributed by atoms with van der Waals surface area (Å²) in [6, 6.07) is 5.04. The summed E-state index contributed by atoms with van der Waals surface area (Å²) in [5.74, 6) is 5.14. The fourth-order valence-electron chi connectivity index (χ4n) is 1.15. The number of aliphatic hydroxyl groups is 1. The number of anilines is 1. The van der Waals surface area contributed by atoms with E-state index in [1.807, 2.05) is 0 Å². The van der Waals surface area contributed by atoms with Crippen molar-refractivity contribution in [2.45, 2.75) is 0 Å². The maximum Gasteiger partial charge on any atom is 0.278 e. The Hall–Kier alpha value is -2.30. The number of hydrogen-bond donors (Lipinski definition) is 2. The van der Waals surface area contributed by atoms with Crippen LogP contribution < -0.4 is 5.32 Å². The molecule has 2 aromatic heterocycles. The minimum Gasteiger partial charge on any atom is -0.384 e. The van der Waals surface area contributed by atoms with Crippen LogP contribution in [0.15, 0.2) is 23.6 Å². The van der Waals surface area contributed by atoms with Crippen molar-refractivity contribution in [3.8, 4) is 11.8 Å². The summed E-state index contributed by atoms with van der Waals surface area (Å²) < 4.78 is 3.60. The molecule has 6 nitrogen and oxygen atoms in total. The van der Waals surface area contributed by atoms with Gasteiger partial charge in [0.2, 0.25) is 0 Å². The van der Waals surface area contributed by atoms with Crippen LogP contribution in [0.5, 0.6) is 0 Å². The summed E-state index contributed by atoms with van der Waals surface area (Å²) in [5.41, 5.74) is 0.715. The molecule has 90 valence electrons. The van der Waals surface area contributed by atoms with Crippen LogP contribution in [0.3, 0.4) is 0 Å². The summed E-state index contributed by atoms with van der Waals surface area (Å²) in [5, 5.41) is 16.4. The van der Waals surface area contributed by atoms with E-state index >= 15 is 0 Å². The average Bonchev–Trinajstić information content (AvgIpc) is 2.91. The smallest absolute Gasteiger partial charge is 0.278 e. The molecule has 0 radical (unpaired) electrons. The maximum absolute atomic E-state index is 11.7. The number of amides is 1. The molecular formula is C11H8N4O2S. The zero-order valence-corrected chi connectivity index (χ0v) is 9.94. The number of nitrogens with one attached hydrogen (secondary N) is 1. The SMILES string of the molecule is O=C(Nc1cccc(C#CCO)n1)c1csnn1. The highest BCUT2D eigenvalue weighted by atomic mass is 32.1. The molecule has 18 heavy (non-hydrogen) atoms. The van der Waals surface area contributed by atoms with E-state index in [0.717, 1.165) is 11.5 Å². The standard InChI is InChI=1S/C11H8N4O2S/c16-6-2-4-8-3-1-5-10(12-8)13-11(17)9-7-18-15-14-9/h1,3,5,7,16H,6H2,(H,12,13,17). The molecule has 0 saturated carbocycles. The van der Waals surface area contributed by atoms with Gasteiger partial charge in [-0.25, -0.2) is 4.98 Å². The predicted octanol–water partition coefficient (Wildman–Crippen LogP) is 0.529. The van der Waals surface area contributed by atoms with Crippen LogP contribution in [0.1, 0.15) is 16.2 Å². The van der Waals surface area contributed by atoms with Crippen molar-refractivity contribution in [3.05, 3.63) is 35.0 Å². The molecule has 0 bridgehead atoms. The fourth-order valence-corrected chi connectivity index (χ4v) is 1.58. The van der Waals surface area contributed by atoms with Crippen molar-refractivity contribution in [1.82, 2.24) is 14.6 Å². The van der Waals surface area contributed by atoms with Crippen LogP contribution in [0.2, 0.25) is 0 Å². The van der Waals surface area contributed by atoms with Crippen LogP contribution in [-0.4, -0.2) is 32.2 Å². The molecule has 1 amide bonds. The summed E-state index contributed by atoms with van der Waals surface area (Å²) in [4.78, 5) is 15.8. The van der Waals surface area contributed by atoms with E-state index in [1.54, 1.807) is 23.6 Å². The van der Waals surface area contributed by atoms with Gasteiger partial charge in [0.05, 0.1) is 0 Å². The van der Waals surface area contributed by atoms with Gasteiger partial charge >= 0.3 is 0 Å². The Kier molecular flexibility index (Phi) is 3.96. The second-order valence-corrected chi connectivity index (χ2v) is 3.72. The van der Waals surface area contributed by atoms with Gasteiger partial charge in [-0.05, 0) is 29.6 Å². The first-order chi connectivity index (χ1) is 8.79. The van der Waals surface area contributed by atoms with Gasteiger partial charge in [0.15, 0.2) is 5.69 Å². The molecule has 0 aliphatic carbocycles. The normalized spacial score (nSPS) is 9.39. The van der Waals surface area contributed by atoms with Gasteiger partial charge in [-0.2, -0.15) is 0 Å². The number of carbonyl (C=O) groups is 1. The quantitative estimate of drug-likeness (QED) is 0.769. The van der Waals surface area contributed by atoms with Crippen molar-refractivity contribution in [2.24, 2.45) is 0 Å². The second kappa shape index (κ2) is 5.86. The van der Waals surface area contributed by atoms with E-state index in [4.69, 9.17) is 5.11 Å². The van der Waals surface area contributed by atoms with E-state index in [1.165, 1.54) is 0 Å². The Morgan fingerprint density at radius 1 is 1.50 bits per heavy atom. The molecule has 0 aromatic carbocycles. The van der Waals surface area contributed by atoms with Gasteiger partial charge in [-0.3, -0.25) is 4.79 Å². The molecule has 7 heteroatoms. The summed E-state index contributed by atoms with van der Waals surface area (Å²) in [6.45, 7) is -0.233. The molecule has 2 heterocycles.